The van der Waals surface area contributed by atoms with Gasteiger partial charge in [0.1, 0.15) is 23.9 Å². The second-order valence-electron chi connectivity index (χ2n) is 6.89. The summed E-state index contributed by atoms with van der Waals surface area (Å²) in [4.78, 5) is 17.3. The van der Waals surface area contributed by atoms with E-state index in [0.717, 1.165) is 32.8 Å². The Morgan fingerprint density at radius 1 is 1.03 bits per heavy atom. The molecular weight excluding hydrogens is 458 g/mol. The number of ether oxygens (including phenoxy) is 2. The van der Waals surface area contributed by atoms with E-state index in [1.54, 1.807) is 19.2 Å². The molecule has 1 amide bonds. The van der Waals surface area contributed by atoms with Crippen LogP contribution in [-0.4, -0.2) is 29.2 Å². The van der Waals surface area contributed by atoms with Crippen LogP contribution in [0.3, 0.4) is 0 Å². The van der Waals surface area contributed by atoms with Crippen LogP contribution in [0, 0.1) is 0 Å². The Hall–Kier alpha value is -3.32. The van der Waals surface area contributed by atoms with Gasteiger partial charge in [-0.1, -0.05) is 34.1 Å². The number of nitrogens with one attached hydrogen (secondary N) is 1. The molecule has 0 atom stereocenters. The highest BCUT2D eigenvalue weighted by molar-refractivity contribution is 9.10. The van der Waals surface area contributed by atoms with Crippen LogP contribution in [0.1, 0.15) is 16.2 Å². The number of carbonyl (C=O) groups is 1. The second-order valence-corrected chi connectivity index (χ2v) is 7.80. The minimum absolute atomic E-state index is 0.144. The van der Waals surface area contributed by atoms with E-state index < -0.39 is 0 Å². The lowest BCUT2D eigenvalue weighted by molar-refractivity contribution is 0.0949. The topological polar surface area (TPSA) is 65.4 Å². The number of fused-ring (bicyclic) bond motifs is 1. The normalized spacial score (nSPS) is 10.8. The summed E-state index contributed by atoms with van der Waals surface area (Å²) in [5.41, 5.74) is 2.49. The molecule has 1 heterocycles. The number of amides is 1. The van der Waals surface area contributed by atoms with E-state index >= 15 is 0 Å². The van der Waals surface area contributed by atoms with Crippen molar-refractivity contribution < 1.29 is 14.3 Å². The minimum atomic E-state index is -0.144. The maximum absolute atomic E-state index is 12.5. The van der Waals surface area contributed by atoms with Crippen molar-refractivity contribution in [3.05, 3.63) is 88.7 Å². The summed E-state index contributed by atoms with van der Waals surface area (Å²) in [6.07, 6.45) is 0. The van der Waals surface area contributed by atoms with Gasteiger partial charge in [-0.15, -0.1) is 0 Å². The third-order valence-corrected chi connectivity index (χ3v) is 5.36. The van der Waals surface area contributed by atoms with Crippen molar-refractivity contribution in [1.29, 1.82) is 0 Å². The fourth-order valence-corrected chi connectivity index (χ4v) is 3.73. The fraction of sp³-hybridized carbons (Fsp3) is 0.167. The zero-order valence-corrected chi connectivity index (χ0v) is 18.6. The Balaban J connectivity index is 1.46. The van der Waals surface area contributed by atoms with Crippen molar-refractivity contribution in [2.45, 2.75) is 13.1 Å². The van der Waals surface area contributed by atoms with Crippen LogP contribution in [0.5, 0.6) is 11.5 Å². The molecular formula is C24H22BrN3O3. The van der Waals surface area contributed by atoms with Crippen LogP contribution in [0.2, 0.25) is 0 Å². The van der Waals surface area contributed by atoms with Gasteiger partial charge in [-0.05, 0) is 54.6 Å². The van der Waals surface area contributed by atoms with Crippen molar-refractivity contribution in [2.75, 3.05) is 13.7 Å². The summed E-state index contributed by atoms with van der Waals surface area (Å²) in [5.74, 6) is 2.20. The zero-order valence-electron chi connectivity index (χ0n) is 17.0. The smallest absolute Gasteiger partial charge is 0.251 e. The van der Waals surface area contributed by atoms with E-state index in [4.69, 9.17) is 14.5 Å². The molecule has 0 aliphatic rings. The Bertz CT molecular complexity index is 1190. The van der Waals surface area contributed by atoms with Crippen molar-refractivity contribution >= 4 is 32.9 Å². The van der Waals surface area contributed by atoms with E-state index in [9.17, 15) is 4.79 Å². The standard InChI is InChI=1S/C24H22BrN3O3/c1-30-19-9-11-20(12-10-19)31-14-13-28-22-8-3-2-7-21(22)27-23(28)16-26-24(29)17-5-4-6-18(25)15-17/h2-12,15H,13-14,16H2,1H3,(H,26,29). The van der Waals surface area contributed by atoms with Gasteiger partial charge in [0.25, 0.3) is 5.91 Å². The molecule has 1 aromatic heterocycles. The van der Waals surface area contributed by atoms with Gasteiger partial charge < -0.3 is 19.4 Å². The van der Waals surface area contributed by atoms with Gasteiger partial charge in [-0.3, -0.25) is 4.79 Å². The largest absolute Gasteiger partial charge is 0.497 e. The molecule has 0 fully saturated rings. The molecule has 0 radical (unpaired) electrons. The Labute approximate surface area is 188 Å². The molecule has 0 spiro atoms. The van der Waals surface area contributed by atoms with Crippen LogP contribution in [0.4, 0.5) is 0 Å². The SMILES string of the molecule is COc1ccc(OCCn2c(CNC(=O)c3cccc(Br)c3)nc3ccccc32)cc1. The summed E-state index contributed by atoms with van der Waals surface area (Å²) >= 11 is 3.40. The zero-order chi connectivity index (χ0) is 21.6. The van der Waals surface area contributed by atoms with Crippen molar-refractivity contribution in [3.8, 4) is 11.5 Å². The van der Waals surface area contributed by atoms with E-state index in [2.05, 4.69) is 25.8 Å². The van der Waals surface area contributed by atoms with E-state index in [1.807, 2.05) is 60.7 Å². The summed E-state index contributed by atoms with van der Waals surface area (Å²) in [7, 11) is 1.64. The molecule has 6 nitrogen and oxygen atoms in total. The predicted octanol–water partition coefficient (Wildman–Crippen LogP) is 4.82. The van der Waals surface area contributed by atoms with Crippen LogP contribution in [0.15, 0.2) is 77.3 Å². The van der Waals surface area contributed by atoms with Gasteiger partial charge >= 0.3 is 0 Å². The molecule has 0 saturated heterocycles. The quantitative estimate of drug-likeness (QED) is 0.393. The highest BCUT2D eigenvalue weighted by Crippen LogP contribution is 2.19. The maximum atomic E-state index is 12.5. The van der Waals surface area contributed by atoms with Crippen LogP contribution < -0.4 is 14.8 Å². The number of halogens is 1. The van der Waals surface area contributed by atoms with Crippen molar-refractivity contribution in [1.82, 2.24) is 14.9 Å². The molecule has 158 valence electrons. The molecule has 7 heteroatoms. The molecule has 0 saturated carbocycles. The monoisotopic (exact) mass is 479 g/mol. The molecule has 0 aliphatic carbocycles. The number of methoxy groups -OCH3 is 1. The van der Waals surface area contributed by atoms with Gasteiger partial charge in [0.2, 0.25) is 0 Å². The molecule has 0 bridgehead atoms. The first-order valence-electron chi connectivity index (χ1n) is 9.89. The minimum Gasteiger partial charge on any atom is -0.497 e. The summed E-state index contributed by atoms with van der Waals surface area (Å²) in [6.45, 7) is 1.40. The van der Waals surface area contributed by atoms with Gasteiger partial charge in [0, 0.05) is 10.0 Å². The van der Waals surface area contributed by atoms with E-state index in [0.29, 0.717) is 25.3 Å². The summed E-state index contributed by atoms with van der Waals surface area (Å²) in [5, 5.41) is 2.97. The molecule has 4 aromatic rings. The van der Waals surface area contributed by atoms with Gasteiger partial charge in [-0.25, -0.2) is 4.98 Å². The lowest BCUT2D eigenvalue weighted by Crippen LogP contribution is -2.25. The second kappa shape index (κ2) is 9.66. The highest BCUT2D eigenvalue weighted by atomic mass is 79.9. The number of carbonyl (C=O) groups excluding carboxylic acids is 1. The number of benzene rings is 3. The maximum Gasteiger partial charge on any atom is 0.251 e. The average Bonchev–Trinajstić information content (AvgIpc) is 3.15. The average molecular weight is 480 g/mol. The first-order valence-corrected chi connectivity index (χ1v) is 10.7. The number of nitrogens with zero attached hydrogens (tertiary/aromatic N) is 2. The number of imidazole rings is 1. The highest BCUT2D eigenvalue weighted by Gasteiger charge is 2.13. The third-order valence-electron chi connectivity index (χ3n) is 4.87. The molecule has 0 unspecified atom stereocenters. The predicted molar refractivity (Wildman–Crippen MR) is 124 cm³/mol. The molecule has 3 aromatic carbocycles. The van der Waals surface area contributed by atoms with Gasteiger partial charge in [0.15, 0.2) is 0 Å². The number of aromatic nitrogens is 2. The Kier molecular flexibility index (Phi) is 6.52. The summed E-state index contributed by atoms with van der Waals surface area (Å²) < 4.78 is 14.0. The molecule has 0 aliphatic heterocycles. The van der Waals surface area contributed by atoms with Crippen molar-refractivity contribution in [2.24, 2.45) is 0 Å². The number of hydrogen-bond donors (Lipinski definition) is 1. The Morgan fingerprint density at radius 2 is 1.81 bits per heavy atom. The van der Waals surface area contributed by atoms with E-state index in [-0.39, 0.29) is 5.91 Å². The first-order chi connectivity index (χ1) is 15.1. The molecule has 1 N–H and O–H groups in total. The summed E-state index contributed by atoms with van der Waals surface area (Å²) in [6, 6.07) is 22.7. The lowest BCUT2D eigenvalue weighted by atomic mass is 10.2. The van der Waals surface area contributed by atoms with Crippen LogP contribution in [0.25, 0.3) is 11.0 Å². The third kappa shape index (κ3) is 5.06. The van der Waals surface area contributed by atoms with Crippen molar-refractivity contribution in [3.63, 3.8) is 0 Å². The molecule has 4 rings (SSSR count). The van der Waals surface area contributed by atoms with Gasteiger partial charge in [-0.2, -0.15) is 0 Å². The molecule has 31 heavy (non-hydrogen) atoms. The van der Waals surface area contributed by atoms with Crippen LogP contribution >= 0.6 is 15.9 Å². The van der Waals surface area contributed by atoms with Gasteiger partial charge in [0.05, 0.1) is 31.2 Å². The number of para-hydroxylation sites is 2. The van der Waals surface area contributed by atoms with E-state index in [1.165, 1.54) is 0 Å². The number of hydrogen-bond acceptors (Lipinski definition) is 4. The lowest BCUT2D eigenvalue weighted by Gasteiger charge is -2.12. The Morgan fingerprint density at radius 3 is 2.58 bits per heavy atom. The first kappa shape index (κ1) is 20.9. The number of rotatable bonds is 8. The fourth-order valence-electron chi connectivity index (χ4n) is 3.33. The van der Waals surface area contributed by atoms with Crippen LogP contribution in [-0.2, 0) is 13.1 Å².